The molecule has 3 atom stereocenters. The van der Waals surface area contributed by atoms with E-state index in [0.29, 0.717) is 29.6 Å². The van der Waals surface area contributed by atoms with Crippen molar-refractivity contribution in [3.05, 3.63) is 65.7 Å². The normalized spacial score (nSPS) is 24.2. The first-order valence-electron chi connectivity index (χ1n) is 9.82. The smallest absolute Gasteiger partial charge is 0.252 e. The number of nitrogens with zero attached hydrogens (tertiary/aromatic N) is 4. The Morgan fingerprint density at radius 1 is 1.10 bits per heavy atom. The minimum atomic E-state index is -0.115. The number of fused-ring (bicyclic) bond motifs is 1. The molecule has 5 rings (SSSR count). The largest absolute Gasteiger partial charge is 0.371 e. The minimum absolute atomic E-state index is 0.0841. The van der Waals surface area contributed by atoms with Crippen LogP contribution in [0.25, 0.3) is 11.4 Å². The molecule has 8 heteroatoms. The zero-order valence-corrected chi connectivity index (χ0v) is 15.9. The van der Waals surface area contributed by atoms with E-state index in [1.165, 1.54) is 5.56 Å². The van der Waals surface area contributed by atoms with Gasteiger partial charge in [0.1, 0.15) is 0 Å². The highest BCUT2D eigenvalue weighted by molar-refractivity contribution is 6.00. The summed E-state index contributed by atoms with van der Waals surface area (Å²) in [6, 6.07) is 18.1. The number of hydrogen-bond acceptors (Lipinski definition) is 6. The molecule has 0 saturated carbocycles. The number of ether oxygens (including phenoxy) is 1. The standard InChI is InChI=1S/C21H22N6O2/c28-21(18-9-5-4-8-17(18)20-23-25-26-24-20)22-15-10-16-13-29-19(12-27(16)11-15)14-6-2-1-3-7-14/h1-9,15-16,19H,10-13H2,(H,22,28)(H,23,24,25,26)/t15-,16-,19+/m0/s1. The molecule has 148 valence electrons. The maximum atomic E-state index is 13.0. The Kier molecular flexibility index (Phi) is 4.79. The average molecular weight is 390 g/mol. The Morgan fingerprint density at radius 3 is 2.76 bits per heavy atom. The lowest BCUT2D eigenvalue weighted by Crippen LogP contribution is -2.43. The van der Waals surface area contributed by atoms with Gasteiger partial charge >= 0.3 is 0 Å². The monoisotopic (exact) mass is 390 g/mol. The molecule has 0 spiro atoms. The average Bonchev–Trinajstić information content (AvgIpc) is 3.43. The van der Waals surface area contributed by atoms with Crippen molar-refractivity contribution in [2.24, 2.45) is 0 Å². The molecule has 0 bridgehead atoms. The molecule has 0 unspecified atom stereocenters. The predicted octanol–water partition coefficient (Wildman–Crippen LogP) is 1.81. The summed E-state index contributed by atoms with van der Waals surface area (Å²) >= 11 is 0. The molecule has 3 heterocycles. The summed E-state index contributed by atoms with van der Waals surface area (Å²) in [6.45, 7) is 2.36. The minimum Gasteiger partial charge on any atom is -0.371 e. The Balaban J connectivity index is 1.26. The van der Waals surface area contributed by atoms with Crippen molar-refractivity contribution in [3.63, 3.8) is 0 Å². The Hall–Kier alpha value is -3.10. The van der Waals surface area contributed by atoms with Gasteiger partial charge in [-0.1, -0.05) is 48.5 Å². The predicted molar refractivity (Wildman–Crippen MR) is 106 cm³/mol. The van der Waals surface area contributed by atoms with Gasteiger partial charge in [0.25, 0.3) is 5.91 Å². The number of hydrogen-bond donors (Lipinski definition) is 2. The summed E-state index contributed by atoms with van der Waals surface area (Å²) in [4.78, 5) is 15.4. The maximum Gasteiger partial charge on any atom is 0.252 e. The van der Waals surface area contributed by atoms with Crippen LogP contribution in [0.15, 0.2) is 54.6 Å². The molecule has 2 saturated heterocycles. The summed E-state index contributed by atoms with van der Waals surface area (Å²) in [5.41, 5.74) is 2.42. The molecule has 2 aromatic carbocycles. The van der Waals surface area contributed by atoms with E-state index in [9.17, 15) is 4.79 Å². The second-order valence-corrected chi connectivity index (χ2v) is 7.53. The van der Waals surface area contributed by atoms with Crippen LogP contribution in [0.4, 0.5) is 0 Å². The molecule has 29 heavy (non-hydrogen) atoms. The van der Waals surface area contributed by atoms with Gasteiger partial charge in [0.05, 0.1) is 18.3 Å². The van der Waals surface area contributed by atoms with Crippen LogP contribution in [0, 0.1) is 0 Å². The summed E-state index contributed by atoms with van der Waals surface area (Å²) in [7, 11) is 0. The van der Waals surface area contributed by atoms with E-state index in [1.54, 1.807) is 6.07 Å². The summed E-state index contributed by atoms with van der Waals surface area (Å²) in [5, 5.41) is 17.2. The summed E-state index contributed by atoms with van der Waals surface area (Å²) < 4.78 is 6.10. The number of nitrogens with one attached hydrogen (secondary N) is 2. The van der Waals surface area contributed by atoms with Gasteiger partial charge < -0.3 is 10.1 Å². The second-order valence-electron chi connectivity index (χ2n) is 7.53. The van der Waals surface area contributed by atoms with E-state index in [2.05, 4.69) is 43.0 Å². The first kappa shape index (κ1) is 18.0. The van der Waals surface area contributed by atoms with Gasteiger partial charge in [0.2, 0.25) is 5.82 Å². The quantitative estimate of drug-likeness (QED) is 0.705. The Bertz CT molecular complexity index is 978. The molecule has 0 radical (unpaired) electrons. The van der Waals surface area contributed by atoms with Crippen molar-refractivity contribution in [2.45, 2.75) is 24.6 Å². The lowest BCUT2D eigenvalue weighted by molar-refractivity contribution is -0.0502. The highest BCUT2D eigenvalue weighted by Gasteiger charge is 2.38. The van der Waals surface area contributed by atoms with Crippen LogP contribution in [0.5, 0.6) is 0 Å². The Morgan fingerprint density at radius 2 is 1.93 bits per heavy atom. The zero-order chi connectivity index (χ0) is 19.6. The zero-order valence-electron chi connectivity index (χ0n) is 15.9. The van der Waals surface area contributed by atoms with Gasteiger partial charge in [-0.2, -0.15) is 5.21 Å². The first-order chi connectivity index (χ1) is 14.3. The number of amides is 1. The van der Waals surface area contributed by atoms with Crippen LogP contribution < -0.4 is 5.32 Å². The fourth-order valence-electron chi connectivity index (χ4n) is 4.26. The van der Waals surface area contributed by atoms with Crippen LogP contribution in [0.3, 0.4) is 0 Å². The third-order valence-corrected chi connectivity index (χ3v) is 5.68. The third-order valence-electron chi connectivity index (χ3n) is 5.68. The van der Waals surface area contributed by atoms with Crippen LogP contribution >= 0.6 is 0 Å². The summed E-state index contributed by atoms with van der Waals surface area (Å²) in [5.74, 6) is 0.300. The molecule has 2 aliphatic rings. The lowest BCUT2D eigenvalue weighted by atomic mass is 10.1. The molecule has 0 aliphatic carbocycles. The van der Waals surface area contributed by atoms with Gasteiger partial charge in [-0.15, -0.1) is 10.2 Å². The lowest BCUT2D eigenvalue weighted by Gasteiger charge is -2.35. The maximum absolute atomic E-state index is 13.0. The van der Waals surface area contributed by atoms with E-state index in [4.69, 9.17) is 4.74 Å². The van der Waals surface area contributed by atoms with Crippen molar-refractivity contribution < 1.29 is 9.53 Å². The van der Waals surface area contributed by atoms with Gasteiger partial charge in [-0.3, -0.25) is 9.69 Å². The third kappa shape index (κ3) is 3.64. The van der Waals surface area contributed by atoms with Crippen molar-refractivity contribution in [1.29, 1.82) is 0 Å². The number of carbonyl (C=O) groups is 1. The molecule has 3 aromatic rings. The van der Waals surface area contributed by atoms with E-state index in [1.807, 2.05) is 36.4 Å². The van der Waals surface area contributed by atoms with Crippen LogP contribution in [-0.4, -0.2) is 63.2 Å². The molecule has 1 aromatic heterocycles. The topological polar surface area (TPSA) is 96.0 Å². The van der Waals surface area contributed by atoms with Gasteiger partial charge in [-0.25, -0.2) is 0 Å². The highest BCUT2D eigenvalue weighted by Crippen LogP contribution is 2.30. The highest BCUT2D eigenvalue weighted by atomic mass is 16.5. The number of H-pyrrole nitrogens is 1. The fraction of sp³-hybridized carbons (Fsp3) is 0.333. The number of aromatic amines is 1. The fourth-order valence-corrected chi connectivity index (χ4v) is 4.26. The number of aromatic nitrogens is 4. The molecule has 2 aliphatic heterocycles. The van der Waals surface area contributed by atoms with E-state index >= 15 is 0 Å². The van der Waals surface area contributed by atoms with E-state index in [-0.39, 0.29) is 18.1 Å². The van der Waals surface area contributed by atoms with Crippen molar-refractivity contribution in [3.8, 4) is 11.4 Å². The summed E-state index contributed by atoms with van der Waals surface area (Å²) in [6.07, 6.45) is 0.971. The SMILES string of the molecule is O=C(N[C@H]1C[C@H]2CO[C@@H](c3ccccc3)CN2C1)c1ccccc1-c1nn[nH]n1. The number of carbonyl (C=O) groups excluding carboxylic acids is 1. The molecular weight excluding hydrogens is 368 g/mol. The van der Waals surface area contributed by atoms with Gasteiger partial charge in [0, 0.05) is 30.7 Å². The molecule has 8 nitrogen and oxygen atoms in total. The van der Waals surface area contributed by atoms with Crippen molar-refractivity contribution in [1.82, 2.24) is 30.8 Å². The van der Waals surface area contributed by atoms with Crippen LogP contribution in [-0.2, 0) is 4.74 Å². The van der Waals surface area contributed by atoms with Crippen molar-refractivity contribution >= 4 is 5.91 Å². The number of benzene rings is 2. The van der Waals surface area contributed by atoms with E-state index < -0.39 is 0 Å². The van der Waals surface area contributed by atoms with Crippen LogP contribution in [0.1, 0.15) is 28.4 Å². The second kappa shape index (κ2) is 7.73. The first-order valence-corrected chi connectivity index (χ1v) is 9.82. The molecule has 2 fully saturated rings. The number of tetrazole rings is 1. The Labute approximate surface area is 168 Å². The van der Waals surface area contributed by atoms with Gasteiger partial charge in [-0.05, 0) is 23.3 Å². The van der Waals surface area contributed by atoms with Gasteiger partial charge in [0.15, 0.2) is 0 Å². The number of rotatable bonds is 4. The molecule has 2 N–H and O–H groups in total. The number of morpholine rings is 1. The van der Waals surface area contributed by atoms with Crippen LogP contribution in [0.2, 0.25) is 0 Å². The van der Waals surface area contributed by atoms with E-state index in [0.717, 1.165) is 19.5 Å². The molecular formula is C21H22N6O2. The molecule has 1 amide bonds. The van der Waals surface area contributed by atoms with Crippen molar-refractivity contribution in [2.75, 3.05) is 19.7 Å².